The van der Waals surface area contributed by atoms with Gasteiger partial charge >= 0.3 is 0 Å². The van der Waals surface area contributed by atoms with Gasteiger partial charge in [-0.2, -0.15) is 0 Å². The molecule has 1 saturated heterocycles. The summed E-state index contributed by atoms with van der Waals surface area (Å²) >= 11 is 0. The first kappa shape index (κ1) is 16.7. The van der Waals surface area contributed by atoms with E-state index in [0.29, 0.717) is 19.7 Å². The van der Waals surface area contributed by atoms with Crippen LogP contribution in [0.1, 0.15) is 12.5 Å². The van der Waals surface area contributed by atoms with Gasteiger partial charge in [0.15, 0.2) is 0 Å². The molecule has 0 bridgehead atoms. The maximum Gasteiger partial charge on any atom is 0.248 e. The van der Waals surface area contributed by atoms with E-state index in [0.717, 1.165) is 17.9 Å². The van der Waals surface area contributed by atoms with Gasteiger partial charge in [0.2, 0.25) is 5.91 Å². The van der Waals surface area contributed by atoms with Gasteiger partial charge in [-0.1, -0.05) is 12.1 Å². The van der Waals surface area contributed by atoms with E-state index in [1.807, 2.05) is 24.3 Å². The fourth-order valence-corrected chi connectivity index (χ4v) is 2.36. The Morgan fingerprint density at radius 2 is 2.32 bits per heavy atom. The van der Waals surface area contributed by atoms with Crippen LogP contribution in [-0.2, 0) is 16.1 Å². The second-order valence-electron chi connectivity index (χ2n) is 5.54. The highest BCUT2D eigenvalue weighted by atomic mass is 16.5. The summed E-state index contributed by atoms with van der Waals surface area (Å²) in [5, 5.41) is 15.6. The summed E-state index contributed by atoms with van der Waals surface area (Å²) in [6.45, 7) is 3.83. The van der Waals surface area contributed by atoms with Crippen molar-refractivity contribution >= 4 is 5.91 Å². The number of ether oxygens (including phenoxy) is 2. The Bertz CT molecular complexity index is 495. The van der Waals surface area contributed by atoms with E-state index in [4.69, 9.17) is 9.47 Å². The summed E-state index contributed by atoms with van der Waals surface area (Å²) < 4.78 is 10.7. The predicted molar refractivity (Wildman–Crippen MR) is 82.6 cm³/mol. The molecule has 3 N–H and O–H groups in total. The third kappa shape index (κ3) is 4.69. The fourth-order valence-electron chi connectivity index (χ4n) is 2.36. The van der Waals surface area contributed by atoms with Gasteiger partial charge in [0.05, 0.1) is 19.8 Å². The number of methoxy groups -OCH3 is 1. The van der Waals surface area contributed by atoms with Crippen LogP contribution in [0.2, 0.25) is 0 Å². The van der Waals surface area contributed by atoms with Crippen LogP contribution in [0.5, 0.6) is 5.75 Å². The molecule has 122 valence electrons. The summed E-state index contributed by atoms with van der Waals surface area (Å²) in [4.78, 5) is 12.0. The standard InChI is InChI=1S/C16H24N2O4/c1-11(16(20)18-8-13-7-17-9-15(13)19)22-10-12-4-3-5-14(6-12)21-2/h3-6,11,13,15,17,19H,7-10H2,1-2H3,(H,18,20). The van der Waals surface area contributed by atoms with Crippen LogP contribution < -0.4 is 15.4 Å². The Morgan fingerprint density at radius 1 is 1.50 bits per heavy atom. The van der Waals surface area contributed by atoms with Gasteiger partial charge in [-0.3, -0.25) is 4.79 Å². The van der Waals surface area contributed by atoms with Gasteiger partial charge in [-0.15, -0.1) is 0 Å². The van der Waals surface area contributed by atoms with Crippen molar-refractivity contribution in [2.75, 3.05) is 26.7 Å². The maximum atomic E-state index is 12.0. The van der Waals surface area contributed by atoms with E-state index in [1.54, 1.807) is 14.0 Å². The Hall–Kier alpha value is -1.63. The molecule has 1 fully saturated rings. The lowest BCUT2D eigenvalue weighted by molar-refractivity contribution is -0.132. The second kappa shape index (κ2) is 8.12. The number of aliphatic hydroxyl groups excluding tert-OH is 1. The number of benzene rings is 1. The zero-order valence-corrected chi connectivity index (χ0v) is 13.0. The highest BCUT2D eigenvalue weighted by molar-refractivity contribution is 5.80. The van der Waals surface area contributed by atoms with E-state index in [-0.39, 0.29) is 11.8 Å². The van der Waals surface area contributed by atoms with Crippen LogP contribution in [-0.4, -0.2) is 50.0 Å². The predicted octanol–water partition coefficient (Wildman–Crippen LogP) is 0.297. The van der Waals surface area contributed by atoms with Crippen molar-refractivity contribution in [2.24, 2.45) is 5.92 Å². The van der Waals surface area contributed by atoms with Crippen molar-refractivity contribution in [1.29, 1.82) is 0 Å². The largest absolute Gasteiger partial charge is 0.497 e. The SMILES string of the molecule is COc1cccc(COC(C)C(=O)NCC2CNCC2O)c1. The van der Waals surface area contributed by atoms with E-state index < -0.39 is 12.2 Å². The number of hydrogen-bond acceptors (Lipinski definition) is 5. The molecule has 1 heterocycles. The number of carbonyl (C=O) groups is 1. The molecule has 1 amide bonds. The van der Waals surface area contributed by atoms with Gasteiger partial charge in [0.1, 0.15) is 11.9 Å². The minimum Gasteiger partial charge on any atom is -0.497 e. The average Bonchev–Trinajstić information content (AvgIpc) is 2.95. The minimum absolute atomic E-state index is 0.0644. The summed E-state index contributed by atoms with van der Waals surface area (Å²) in [7, 11) is 1.61. The average molecular weight is 308 g/mol. The van der Waals surface area contributed by atoms with Crippen molar-refractivity contribution in [3.63, 3.8) is 0 Å². The van der Waals surface area contributed by atoms with Crippen LogP contribution in [0, 0.1) is 5.92 Å². The molecule has 0 aliphatic carbocycles. The second-order valence-corrected chi connectivity index (χ2v) is 5.54. The third-order valence-corrected chi connectivity index (χ3v) is 3.85. The van der Waals surface area contributed by atoms with Crippen LogP contribution >= 0.6 is 0 Å². The molecule has 6 heteroatoms. The summed E-state index contributed by atoms with van der Waals surface area (Å²) in [5.74, 6) is 0.664. The van der Waals surface area contributed by atoms with Crippen LogP contribution in [0.25, 0.3) is 0 Å². The quantitative estimate of drug-likeness (QED) is 0.675. The fraction of sp³-hybridized carbons (Fsp3) is 0.562. The molecule has 0 radical (unpaired) electrons. The maximum absolute atomic E-state index is 12.0. The highest BCUT2D eigenvalue weighted by Gasteiger charge is 2.25. The first-order chi connectivity index (χ1) is 10.6. The summed E-state index contributed by atoms with van der Waals surface area (Å²) in [5.41, 5.74) is 0.953. The molecule has 3 unspecified atom stereocenters. The number of amides is 1. The first-order valence-electron chi connectivity index (χ1n) is 7.51. The van der Waals surface area contributed by atoms with Gasteiger partial charge in [0, 0.05) is 25.6 Å². The lowest BCUT2D eigenvalue weighted by atomic mass is 10.1. The third-order valence-electron chi connectivity index (χ3n) is 3.85. The molecule has 1 aromatic carbocycles. The monoisotopic (exact) mass is 308 g/mol. The van der Waals surface area contributed by atoms with Crippen molar-refractivity contribution in [1.82, 2.24) is 10.6 Å². The van der Waals surface area contributed by atoms with Crippen molar-refractivity contribution in [3.8, 4) is 5.75 Å². The van der Waals surface area contributed by atoms with E-state index >= 15 is 0 Å². The smallest absolute Gasteiger partial charge is 0.248 e. The van der Waals surface area contributed by atoms with E-state index in [1.165, 1.54) is 0 Å². The molecular weight excluding hydrogens is 284 g/mol. The lowest BCUT2D eigenvalue weighted by Crippen LogP contribution is -2.39. The van der Waals surface area contributed by atoms with Gasteiger partial charge < -0.3 is 25.2 Å². The summed E-state index contributed by atoms with van der Waals surface area (Å²) in [6, 6.07) is 7.55. The minimum atomic E-state index is -0.544. The van der Waals surface area contributed by atoms with Gasteiger partial charge in [-0.25, -0.2) is 0 Å². The van der Waals surface area contributed by atoms with Gasteiger partial charge in [-0.05, 0) is 24.6 Å². The van der Waals surface area contributed by atoms with Crippen LogP contribution in [0.4, 0.5) is 0 Å². The number of carbonyl (C=O) groups excluding carboxylic acids is 1. The van der Waals surface area contributed by atoms with Crippen LogP contribution in [0.15, 0.2) is 24.3 Å². The van der Waals surface area contributed by atoms with E-state index in [9.17, 15) is 9.90 Å². The topological polar surface area (TPSA) is 79.8 Å². The molecule has 2 rings (SSSR count). The number of nitrogens with one attached hydrogen (secondary N) is 2. The van der Waals surface area contributed by atoms with Crippen molar-refractivity contribution in [3.05, 3.63) is 29.8 Å². The van der Waals surface area contributed by atoms with E-state index in [2.05, 4.69) is 10.6 Å². The zero-order chi connectivity index (χ0) is 15.9. The Balaban J connectivity index is 1.73. The molecule has 6 nitrogen and oxygen atoms in total. The van der Waals surface area contributed by atoms with Crippen LogP contribution in [0.3, 0.4) is 0 Å². The zero-order valence-electron chi connectivity index (χ0n) is 13.0. The molecule has 1 aliphatic rings. The van der Waals surface area contributed by atoms with Crippen molar-refractivity contribution < 1.29 is 19.4 Å². The molecule has 3 atom stereocenters. The normalized spacial score (nSPS) is 22.3. The number of hydrogen-bond donors (Lipinski definition) is 3. The summed E-state index contributed by atoms with van der Waals surface area (Å²) in [6.07, 6.45) is -0.939. The van der Waals surface area contributed by atoms with Gasteiger partial charge in [0.25, 0.3) is 0 Å². The molecular formula is C16H24N2O4. The van der Waals surface area contributed by atoms with Crippen molar-refractivity contribution in [2.45, 2.75) is 25.7 Å². The Morgan fingerprint density at radius 3 is 3.00 bits per heavy atom. The molecule has 0 aromatic heterocycles. The highest BCUT2D eigenvalue weighted by Crippen LogP contribution is 2.14. The Kier molecular flexibility index (Phi) is 6.18. The number of β-amino-alcohol motifs (C(OH)–C–C–N with tert-alkyl or cyclic N) is 1. The first-order valence-corrected chi connectivity index (χ1v) is 7.51. The molecule has 0 spiro atoms. The molecule has 1 aliphatic heterocycles. The number of rotatable bonds is 7. The lowest BCUT2D eigenvalue weighted by Gasteiger charge is -2.17. The molecule has 0 saturated carbocycles. The Labute approximate surface area is 130 Å². The number of aliphatic hydroxyl groups is 1. The molecule has 22 heavy (non-hydrogen) atoms. The molecule has 1 aromatic rings.